The van der Waals surface area contributed by atoms with Crippen LogP contribution in [-0.2, 0) is 28.7 Å². The number of carboxylic acid groups (broad SMARTS) is 1. The number of morpholine rings is 2. The van der Waals surface area contributed by atoms with Crippen LogP contribution >= 0.6 is 0 Å². The van der Waals surface area contributed by atoms with Crippen LogP contribution in [0, 0.1) is 0 Å². The maximum Gasteiger partial charge on any atom is 0.290 e. The lowest BCUT2D eigenvalue weighted by Gasteiger charge is -2.28. The molecule has 3 amide bonds. The van der Waals surface area contributed by atoms with Gasteiger partial charge in [0.2, 0.25) is 18.2 Å². The fourth-order valence-electron chi connectivity index (χ4n) is 3.05. The van der Waals surface area contributed by atoms with Crippen molar-refractivity contribution in [3.05, 3.63) is 12.7 Å². The van der Waals surface area contributed by atoms with E-state index in [1.165, 1.54) is 6.08 Å². The van der Waals surface area contributed by atoms with E-state index in [0.29, 0.717) is 45.9 Å². The smallest absolute Gasteiger partial charge is 0.290 e. The van der Waals surface area contributed by atoms with Crippen LogP contribution in [-0.4, -0.2) is 135 Å². The molecule has 11 heteroatoms. The molecule has 0 unspecified atom stereocenters. The van der Waals surface area contributed by atoms with Crippen molar-refractivity contribution in [3.8, 4) is 0 Å². The van der Waals surface area contributed by atoms with E-state index in [4.69, 9.17) is 19.4 Å². The van der Waals surface area contributed by atoms with Crippen LogP contribution in [0.25, 0.3) is 0 Å². The minimum atomic E-state index is -0.250. The normalized spacial score (nSPS) is 14.7. The number of carbonyl (C=O) groups is 4. The second-order valence-corrected chi connectivity index (χ2v) is 7.34. The van der Waals surface area contributed by atoms with Gasteiger partial charge in [0.25, 0.3) is 6.47 Å². The second kappa shape index (κ2) is 24.6. The molecule has 2 saturated heterocycles. The Kier molecular flexibility index (Phi) is 24.4. The molecule has 2 fully saturated rings. The Morgan fingerprint density at radius 3 is 1.60 bits per heavy atom. The van der Waals surface area contributed by atoms with Crippen molar-refractivity contribution in [2.75, 3.05) is 85.3 Å². The molecule has 35 heavy (non-hydrogen) atoms. The number of rotatable bonds is 9. The molecule has 2 aliphatic heterocycles. The van der Waals surface area contributed by atoms with E-state index in [2.05, 4.69) is 25.3 Å². The fraction of sp³-hybridized carbons (Fsp3) is 0.750. The zero-order valence-corrected chi connectivity index (χ0v) is 22.0. The first-order chi connectivity index (χ1) is 16.9. The van der Waals surface area contributed by atoms with E-state index in [9.17, 15) is 14.4 Å². The molecule has 1 N–H and O–H groups in total. The monoisotopic (exact) mass is 502 g/mol. The highest BCUT2D eigenvalue weighted by atomic mass is 16.5. The maximum atomic E-state index is 11.8. The lowest BCUT2D eigenvalue weighted by Crippen LogP contribution is -2.42. The Balaban J connectivity index is 0. The van der Waals surface area contributed by atoms with E-state index in [-0.39, 0.29) is 18.3 Å². The van der Waals surface area contributed by atoms with Crippen molar-refractivity contribution in [3.63, 3.8) is 0 Å². The van der Waals surface area contributed by atoms with Gasteiger partial charge in [-0.25, -0.2) is 0 Å². The second-order valence-electron chi connectivity index (χ2n) is 7.34. The van der Waals surface area contributed by atoms with E-state index < -0.39 is 0 Å². The Morgan fingerprint density at radius 2 is 1.29 bits per heavy atom. The molecule has 0 aromatic heterocycles. The Morgan fingerprint density at radius 1 is 0.857 bits per heavy atom. The van der Waals surface area contributed by atoms with E-state index in [1.54, 1.807) is 9.80 Å². The molecule has 0 atom stereocenters. The molecule has 0 saturated carbocycles. The summed E-state index contributed by atoms with van der Waals surface area (Å²) in [6, 6.07) is 0. The van der Waals surface area contributed by atoms with Gasteiger partial charge in [-0.2, -0.15) is 0 Å². The van der Waals surface area contributed by atoms with Crippen molar-refractivity contribution in [1.82, 2.24) is 19.6 Å². The standard InChI is InChI=1S/C11H22N2O2.C7H11NO2.C5H11NO.CH2O2/c1-3-12(4-2)6-5-11(14)13-7-9-15-10-8-13;1-2-7(9)8-3-5-10-6-4-8;1-3-6(4-2)5-7;2-1-3/h3-10H2,1-2H3;2H,1,3-6H2;5H,3-4H2,1-2H3;1H,(H,2,3). The van der Waals surface area contributed by atoms with Crippen LogP contribution in [0.5, 0.6) is 0 Å². The van der Waals surface area contributed by atoms with Crippen LogP contribution in [0.4, 0.5) is 0 Å². The lowest BCUT2D eigenvalue weighted by molar-refractivity contribution is -0.135. The number of nitrogens with zero attached hydrogens (tertiary/aromatic N) is 4. The summed E-state index contributed by atoms with van der Waals surface area (Å²) in [5, 5.41) is 6.89. The van der Waals surface area contributed by atoms with E-state index in [1.807, 2.05) is 18.7 Å². The molecule has 0 aromatic rings. The van der Waals surface area contributed by atoms with Gasteiger partial charge in [0.05, 0.1) is 26.4 Å². The molecule has 0 bridgehead atoms. The Bertz CT molecular complexity index is 558. The van der Waals surface area contributed by atoms with Gasteiger partial charge < -0.3 is 34.2 Å². The summed E-state index contributed by atoms with van der Waals surface area (Å²) in [6.07, 6.45) is 2.84. The summed E-state index contributed by atoms with van der Waals surface area (Å²) < 4.78 is 10.3. The van der Waals surface area contributed by atoms with Gasteiger partial charge in [0, 0.05) is 52.2 Å². The minimum Gasteiger partial charge on any atom is -0.483 e. The number of ether oxygens (including phenoxy) is 2. The SMILES string of the molecule is C=CC(=O)N1CCOCC1.CCN(C=O)CC.CCN(CC)CCC(=O)N1CCOCC1.O=CO. The Hall–Kier alpha value is -2.50. The third-order valence-corrected chi connectivity index (χ3v) is 5.36. The molecule has 0 radical (unpaired) electrons. The summed E-state index contributed by atoms with van der Waals surface area (Å²) in [7, 11) is 0. The summed E-state index contributed by atoms with van der Waals surface area (Å²) in [5.41, 5.74) is 0. The van der Waals surface area contributed by atoms with Crippen molar-refractivity contribution < 1.29 is 33.8 Å². The van der Waals surface area contributed by atoms with Gasteiger partial charge in [0.15, 0.2) is 0 Å². The number of amides is 3. The van der Waals surface area contributed by atoms with Crippen molar-refractivity contribution in [1.29, 1.82) is 0 Å². The van der Waals surface area contributed by atoms with Crippen LogP contribution in [0.3, 0.4) is 0 Å². The highest BCUT2D eigenvalue weighted by Gasteiger charge is 2.16. The van der Waals surface area contributed by atoms with E-state index >= 15 is 0 Å². The predicted octanol–water partition coefficient (Wildman–Crippen LogP) is 0.794. The topological polar surface area (TPSA) is 120 Å². The third kappa shape index (κ3) is 18.5. The molecule has 204 valence electrons. The molecule has 0 aliphatic carbocycles. The molecule has 0 spiro atoms. The molecule has 2 aliphatic rings. The number of hydrogen-bond donors (Lipinski definition) is 1. The number of hydrogen-bond acceptors (Lipinski definition) is 7. The van der Waals surface area contributed by atoms with Gasteiger partial charge >= 0.3 is 0 Å². The van der Waals surface area contributed by atoms with Gasteiger partial charge in [-0.05, 0) is 33.0 Å². The molecule has 2 heterocycles. The van der Waals surface area contributed by atoms with Gasteiger partial charge in [-0.1, -0.05) is 20.4 Å². The van der Waals surface area contributed by atoms with Crippen LogP contribution in [0.15, 0.2) is 12.7 Å². The largest absolute Gasteiger partial charge is 0.483 e. The van der Waals surface area contributed by atoms with Gasteiger partial charge in [-0.15, -0.1) is 0 Å². The van der Waals surface area contributed by atoms with Crippen LogP contribution in [0.1, 0.15) is 34.1 Å². The zero-order valence-electron chi connectivity index (χ0n) is 22.0. The molecular weight excluding hydrogens is 456 g/mol. The summed E-state index contributed by atoms with van der Waals surface area (Å²) >= 11 is 0. The van der Waals surface area contributed by atoms with Crippen LogP contribution in [0.2, 0.25) is 0 Å². The first-order valence-electron chi connectivity index (χ1n) is 12.2. The van der Waals surface area contributed by atoms with Gasteiger partial charge in [-0.3, -0.25) is 19.2 Å². The minimum absolute atomic E-state index is 0.00306. The first-order valence-corrected chi connectivity index (χ1v) is 12.2. The predicted molar refractivity (Wildman–Crippen MR) is 135 cm³/mol. The van der Waals surface area contributed by atoms with Gasteiger partial charge in [0.1, 0.15) is 0 Å². The van der Waals surface area contributed by atoms with Crippen molar-refractivity contribution in [2.24, 2.45) is 0 Å². The summed E-state index contributed by atoms with van der Waals surface area (Å²) in [4.78, 5) is 48.6. The van der Waals surface area contributed by atoms with Crippen molar-refractivity contribution in [2.45, 2.75) is 34.1 Å². The average molecular weight is 503 g/mol. The fourth-order valence-corrected chi connectivity index (χ4v) is 3.05. The quantitative estimate of drug-likeness (QED) is 0.363. The zero-order chi connectivity index (χ0) is 26.9. The first kappa shape index (κ1) is 34.7. The number of carbonyl (C=O) groups excluding carboxylic acids is 3. The molecule has 11 nitrogen and oxygen atoms in total. The molecule has 0 aromatic carbocycles. The lowest BCUT2D eigenvalue weighted by atomic mass is 10.3. The molecule has 2 rings (SSSR count). The average Bonchev–Trinajstić information content (AvgIpc) is 2.92. The third-order valence-electron chi connectivity index (χ3n) is 5.36. The summed E-state index contributed by atoms with van der Waals surface area (Å²) in [6.45, 7) is 21.5. The van der Waals surface area contributed by atoms with Crippen LogP contribution < -0.4 is 0 Å². The highest BCUT2D eigenvalue weighted by Crippen LogP contribution is 2.01. The highest BCUT2D eigenvalue weighted by molar-refractivity contribution is 5.87. The Labute approximate surface area is 210 Å². The maximum absolute atomic E-state index is 11.8. The van der Waals surface area contributed by atoms with Crippen molar-refractivity contribution >= 4 is 24.7 Å². The van der Waals surface area contributed by atoms with E-state index in [0.717, 1.165) is 52.2 Å². The summed E-state index contributed by atoms with van der Waals surface area (Å²) in [5.74, 6) is 0.272. The molecular formula is C24H46N4O7.